The van der Waals surface area contributed by atoms with Crippen LogP contribution >= 0.6 is 0 Å². The fourth-order valence-corrected chi connectivity index (χ4v) is 1.40. The minimum Gasteiger partial charge on any atom is -0.316 e. The minimum absolute atomic E-state index is 0.988. The summed E-state index contributed by atoms with van der Waals surface area (Å²) in [5.74, 6) is 0. The van der Waals surface area contributed by atoms with Crippen molar-refractivity contribution in [3.05, 3.63) is 30.1 Å². The van der Waals surface area contributed by atoms with Gasteiger partial charge in [-0.05, 0) is 37.9 Å². The largest absolute Gasteiger partial charge is 0.316 e. The molecule has 15 heavy (non-hydrogen) atoms. The average Bonchev–Trinajstić information content (AvgIpc) is 2.63. The third kappa shape index (κ3) is 5.37. The fraction of sp³-hybridized carbons (Fsp3) is 0.583. The first-order valence-electron chi connectivity index (χ1n) is 5.66. The van der Waals surface area contributed by atoms with Gasteiger partial charge >= 0.3 is 0 Å². The minimum atomic E-state index is 0.988. The quantitative estimate of drug-likeness (QED) is 0.547. The molecule has 0 atom stereocenters. The summed E-state index contributed by atoms with van der Waals surface area (Å²) in [4.78, 5) is 0. The molecule has 0 amide bonds. The average molecular weight is 207 g/mol. The number of allylic oxidation sites excluding steroid dienone is 1. The first-order valence-corrected chi connectivity index (χ1v) is 5.66. The molecule has 0 spiro atoms. The molecule has 0 aliphatic heterocycles. The molecule has 0 saturated heterocycles. The molecule has 1 N–H and O–H groups in total. The number of hydrogen-bond donors (Lipinski definition) is 1. The van der Waals surface area contributed by atoms with Gasteiger partial charge in [0.15, 0.2) is 0 Å². The van der Waals surface area contributed by atoms with Crippen LogP contribution in [0, 0.1) is 0 Å². The highest BCUT2D eigenvalue weighted by molar-refractivity contribution is 5.08. The molecule has 1 rings (SSSR count). The number of nitrogens with one attached hydrogen (secondary N) is 1. The second-order valence-electron chi connectivity index (χ2n) is 3.74. The van der Waals surface area contributed by atoms with Crippen molar-refractivity contribution in [1.82, 2.24) is 15.1 Å². The van der Waals surface area contributed by atoms with Gasteiger partial charge in [-0.1, -0.05) is 19.1 Å². The first-order chi connectivity index (χ1) is 7.33. The van der Waals surface area contributed by atoms with Gasteiger partial charge in [0.05, 0.1) is 6.20 Å². The first kappa shape index (κ1) is 12.0. The van der Waals surface area contributed by atoms with E-state index in [0.717, 1.165) is 25.9 Å². The van der Waals surface area contributed by atoms with Crippen LogP contribution in [0.4, 0.5) is 0 Å². The molecule has 1 heterocycles. The van der Waals surface area contributed by atoms with Gasteiger partial charge < -0.3 is 5.32 Å². The molecule has 0 aliphatic carbocycles. The monoisotopic (exact) mass is 207 g/mol. The summed E-state index contributed by atoms with van der Waals surface area (Å²) in [7, 11) is 1.95. The van der Waals surface area contributed by atoms with Crippen LogP contribution in [0.25, 0.3) is 0 Å². The molecule has 3 nitrogen and oxygen atoms in total. The topological polar surface area (TPSA) is 29.9 Å². The Labute approximate surface area is 92.2 Å². The van der Waals surface area contributed by atoms with E-state index in [2.05, 4.69) is 35.7 Å². The van der Waals surface area contributed by atoms with Gasteiger partial charge in [0.25, 0.3) is 0 Å². The lowest BCUT2D eigenvalue weighted by atomic mass is 10.2. The van der Waals surface area contributed by atoms with Crippen molar-refractivity contribution in [3.8, 4) is 0 Å². The molecule has 84 valence electrons. The number of rotatable bonds is 7. The summed E-state index contributed by atoms with van der Waals surface area (Å²) in [5, 5.41) is 7.50. The Hall–Kier alpha value is -1.09. The highest BCUT2D eigenvalue weighted by atomic mass is 15.2. The van der Waals surface area contributed by atoms with E-state index in [-0.39, 0.29) is 0 Å². The molecule has 0 unspecified atom stereocenters. The van der Waals surface area contributed by atoms with Crippen molar-refractivity contribution in [3.63, 3.8) is 0 Å². The Balaban J connectivity index is 2.06. The van der Waals surface area contributed by atoms with E-state index in [1.807, 2.05) is 17.9 Å². The smallest absolute Gasteiger partial charge is 0.0524 e. The lowest BCUT2D eigenvalue weighted by molar-refractivity contribution is 0.678. The normalized spacial score (nSPS) is 11.3. The van der Waals surface area contributed by atoms with Crippen LogP contribution in [-0.4, -0.2) is 22.9 Å². The lowest BCUT2D eigenvalue weighted by Crippen LogP contribution is -2.14. The predicted molar refractivity (Wildman–Crippen MR) is 63.8 cm³/mol. The van der Waals surface area contributed by atoms with E-state index in [4.69, 9.17) is 0 Å². The van der Waals surface area contributed by atoms with Crippen molar-refractivity contribution >= 4 is 0 Å². The number of aromatic nitrogens is 2. The molecule has 0 radical (unpaired) electrons. The van der Waals surface area contributed by atoms with Crippen LogP contribution in [0.1, 0.15) is 25.3 Å². The van der Waals surface area contributed by atoms with Crippen LogP contribution in [-0.2, 0) is 13.5 Å². The van der Waals surface area contributed by atoms with E-state index in [9.17, 15) is 0 Å². The van der Waals surface area contributed by atoms with Crippen molar-refractivity contribution < 1.29 is 0 Å². The third-order valence-corrected chi connectivity index (χ3v) is 2.19. The predicted octanol–water partition coefficient (Wildman–Crippen LogP) is 1.91. The number of aryl methyl sites for hydroxylation is 1. The summed E-state index contributed by atoms with van der Waals surface area (Å²) in [5.41, 5.74) is 1.27. The SMILES string of the molecule is CCCNCCC=CCc1cnn(C)c1. The number of nitrogens with zero attached hydrogens (tertiary/aromatic N) is 2. The Kier molecular flexibility index (Phi) is 5.78. The summed E-state index contributed by atoms with van der Waals surface area (Å²) >= 11 is 0. The standard InChI is InChI=1S/C12H21N3/c1-3-8-13-9-6-4-5-7-12-10-14-15(2)11-12/h4-5,10-11,13H,3,6-9H2,1-2H3. The van der Waals surface area contributed by atoms with Crippen LogP contribution in [0.3, 0.4) is 0 Å². The Morgan fingerprint density at radius 1 is 1.40 bits per heavy atom. The highest BCUT2D eigenvalue weighted by Gasteiger charge is 1.91. The Bertz CT molecular complexity index is 289. The molecule has 3 heteroatoms. The van der Waals surface area contributed by atoms with Gasteiger partial charge in [0, 0.05) is 13.2 Å². The lowest BCUT2D eigenvalue weighted by Gasteiger charge is -1.97. The van der Waals surface area contributed by atoms with Gasteiger partial charge in [-0.2, -0.15) is 5.10 Å². The van der Waals surface area contributed by atoms with Crippen molar-refractivity contribution in [2.24, 2.45) is 7.05 Å². The molecule has 0 fully saturated rings. The van der Waals surface area contributed by atoms with Crippen LogP contribution in [0.2, 0.25) is 0 Å². The van der Waals surface area contributed by atoms with Gasteiger partial charge in [-0.3, -0.25) is 4.68 Å². The molecule has 0 saturated carbocycles. The van der Waals surface area contributed by atoms with Crippen molar-refractivity contribution in [2.45, 2.75) is 26.2 Å². The van der Waals surface area contributed by atoms with Gasteiger partial charge in [0.2, 0.25) is 0 Å². The molecule has 1 aromatic rings. The van der Waals surface area contributed by atoms with Crippen molar-refractivity contribution in [2.75, 3.05) is 13.1 Å². The van der Waals surface area contributed by atoms with Gasteiger partial charge in [0.1, 0.15) is 0 Å². The molecular weight excluding hydrogens is 186 g/mol. The Morgan fingerprint density at radius 2 is 2.27 bits per heavy atom. The van der Waals surface area contributed by atoms with Gasteiger partial charge in [-0.25, -0.2) is 0 Å². The summed E-state index contributed by atoms with van der Waals surface area (Å²) in [6, 6.07) is 0. The van der Waals surface area contributed by atoms with Crippen LogP contribution in [0.15, 0.2) is 24.5 Å². The van der Waals surface area contributed by atoms with E-state index < -0.39 is 0 Å². The fourth-order valence-electron chi connectivity index (χ4n) is 1.40. The molecule has 0 aromatic carbocycles. The zero-order chi connectivity index (χ0) is 10.9. The zero-order valence-corrected chi connectivity index (χ0v) is 9.74. The van der Waals surface area contributed by atoms with E-state index in [0.29, 0.717) is 0 Å². The van der Waals surface area contributed by atoms with Crippen LogP contribution < -0.4 is 5.32 Å². The molecule has 1 aromatic heterocycles. The second kappa shape index (κ2) is 7.23. The van der Waals surface area contributed by atoms with E-state index in [1.165, 1.54) is 12.0 Å². The Morgan fingerprint density at radius 3 is 2.93 bits per heavy atom. The maximum atomic E-state index is 4.13. The maximum absolute atomic E-state index is 4.13. The van der Waals surface area contributed by atoms with Crippen molar-refractivity contribution in [1.29, 1.82) is 0 Å². The summed E-state index contributed by atoms with van der Waals surface area (Å²) in [6.45, 7) is 4.39. The van der Waals surface area contributed by atoms with Gasteiger partial charge in [-0.15, -0.1) is 0 Å². The number of hydrogen-bond acceptors (Lipinski definition) is 2. The third-order valence-electron chi connectivity index (χ3n) is 2.19. The van der Waals surface area contributed by atoms with E-state index in [1.54, 1.807) is 0 Å². The zero-order valence-electron chi connectivity index (χ0n) is 9.74. The van der Waals surface area contributed by atoms with E-state index >= 15 is 0 Å². The maximum Gasteiger partial charge on any atom is 0.0524 e. The van der Waals surface area contributed by atoms with Crippen LogP contribution in [0.5, 0.6) is 0 Å². The highest BCUT2D eigenvalue weighted by Crippen LogP contribution is 1.98. The molecule has 0 bridgehead atoms. The second-order valence-corrected chi connectivity index (χ2v) is 3.74. The summed E-state index contributed by atoms with van der Waals surface area (Å²) in [6.07, 6.45) is 11.7. The summed E-state index contributed by atoms with van der Waals surface area (Å²) < 4.78 is 1.84. The molecular formula is C12H21N3. The molecule has 0 aliphatic rings.